The van der Waals surface area contributed by atoms with Gasteiger partial charge < -0.3 is 5.73 Å². The van der Waals surface area contributed by atoms with Crippen molar-refractivity contribution in [2.24, 2.45) is 5.73 Å². The minimum absolute atomic E-state index is 3.12. The van der Waals surface area contributed by atoms with Crippen molar-refractivity contribution in [1.82, 2.24) is 0 Å². The lowest BCUT2D eigenvalue weighted by Crippen LogP contribution is -2.13. The summed E-state index contributed by atoms with van der Waals surface area (Å²) in [5, 5.41) is 0. The Hall–Kier alpha value is -0.130. The molecule has 7 heavy (non-hydrogen) atoms. The first-order valence-electron chi connectivity index (χ1n) is 3.26. The molecule has 0 saturated carbocycles. The highest BCUT2D eigenvalue weighted by molar-refractivity contribution is 7.85. The van der Waals surface area contributed by atoms with Crippen LogP contribution in [0.25, 0.3) is 0 Å². The lowest BCUT2D eigenvalue weighted by Gasteiger charge is -1.86. The first-order valence-corrected chi connectivity index (χ1v) is 2.70. The maximum Gasteiger partial charge on any atom is 0.266 e. The first-order chi connectivity index (χ1) is 4.50. The molecule has 3 N–H and O–H groups in total. The summed E-state index contributed by atoms with van der Waals surface area (Å²) in [4.78, 5) is 0. The highest BCUT2D eigenvalue weighted by Gasteiger charge is 1.98. The Morgan fingerprint density at radius 2 is 2.29 bits per heavy atom. The van der Waals surface area contributed by atoms with E-state index in [4.69, 9.17) is 10.0 Å². The summed E-state index contributed by atoms with van der Waals surface area (Å²) in [6.45, 7) is -3.12. The molecule has 0 amide bonds. The third-order valence-corrected chi connectivity index (χ3v) is 0.564. The molecule has 5 heteroatoms. The van der Waals surface area contributed by atoms with Gasteiger partial charge in [-0.15, -0.1) is 0 Å². The molecule has 0 rings (SSSR count). The van der Waals surface area contributed by atoms with E-state index >= 15 is 0 Å². The quantitative estimate of drug-likeness (QED) is 0.460. The summed E-state index contributed by atoms with van der Waals surface area (Å²) < 4.78 is 54.6. The second-order valence-electron chi connectivity index (χ2n) is 0.721. The third-order valence-electron chi connectivity index (χ3n) is 0.188. The molecule has 0 aliphatic rings. The zero-order valence-corrected chi connectivity index (χ0v) is 4.07. The average Bonchev–Trinajstić information content (AvgIpc) is 1.58. The lowest BCUT2D eigenvalue weighted by atomic mass is 10.8. The van der Waals surface area contributed by atoms with Crippen LogP contribution in [0.3, 0.4) is 0 Å². The van der Waals surface area contributed by atoms with Gasteiger partial charge in [0.15, 0.2) is 0 Å². The molecule has 0 fully saturated rings. The Bertz CT molecular complexity index is 241. The van der Waals surface area contributed by atoms with E-state index in [1.54, 1.807) is 0 Å². The van der Waals surface area contributed by atoms with Gasteiger partial charge in [0.05, 0.1) is 5.70 Å². The number of nitrogens with two attached hydrogens (primary N) is 1. The average molecular weight is 129 g/mol. The molecule has 0 spiro atoms. The second-order valence-corrected chi connectivity index (χ2v) is 1.88. The Morgan fingerprint density at radius 3 is 2.29 bits per heavy atom. The maximum atomic E-state index is 10.2. The van der Waals surface area contributed by atoms with Gasteiger partial charge in [-0.25, -0.2) is 0 Å². The van der Waals surface area contributed by atoms with Crippen LogP contribution in [0.15, 0.2) is 0 Å². The summed E-state index contributed by atoms with van der Waals surface area (Å²) >= 11 is 0. The molecular formula is C2H7NO3S. The van der Waals surface area contributed by atoms with Crippen molar-refractivity contribution in [2.45, 2.75) is 0 Å². The van der Waals surface area contributed by atoms with Crippen molar-refractivity contribution in [2.75, 3.05) is 12.2 Å². The predicted octanol–water partition coefficient (Wildman–Crippen LogP) is -1.17. The zero-order chi connectivity index (χ0) is 9.50. The van der Waals surface area contributed by atoms with E-state index in [0.29, 0.717) is 0 Å². The molecule has 0 aliphatic carbocycles. The molecule has 0 bridgehead atoms. The molecule has 0 heterocycles. The summed E-state index contributed by atoms with van der Waals surface area (Å²) in [5.41, 5.74) is 1.03. The molecule has 0 radical (unpaired) electrons. The fourth-order valence-corrected chi connectivity index (χ4v) is 0.223. The smallest absolute Gasteiger partial charge is 0.266 e. The van der Waals surface area contributed by atoms with E-state index in [1.165, 1.54) is 0 Å². The highest BCUT2D eigenvalue weighted by atomic mass is 32.2. The van der Waals surface area contributed by atoms with Crippen LogP contribution >= 0.6 is 0 Å². The van der Waals surface area contributed by atoms with Gasteiger partial charge in [-0.1, -0.05) is 0 Å². The first kappa shape index (κ1) is 2.43. The zero-order valence-electron chi connectivity index (χ0n) is 7.25. The van der Waals surface area contributed by atoms with Gasteiger partial charge in [0.1, 0.15) is 0 Å². The molecule has 0 atom stereocenters. The fraction of sp³-hybridized carbons (Fsp3) is 1.00. The van der Waals surface area contributed by atoms with Gasteiger partial charge >= 0.3 is 0 Å². The van der Waals surface area contributed by atoms with Crippen LogP contribution < -0.4 is 5.73 Å². The van der Waals surface area contributed by atoms with E-state index in [0.717, 1.165) is 0 Å². The van der Waals surface area contributed by atoms with Gasteiger partial charge in [0.2, 0.25) is 0 Å². The number of hydrogen-bond acceptors (Lipinski definition) is 3. The predicted molar refractivity (Wildman–Crippen MR) is 25.5 cm³/mol. The maximum absolute atomic E-state index is 10.2. The van der Waals surface area contributed by atoms with Gasteiger partial charge in [-0.3, -0.25) is 4.55 Å². The van der Waals surface area contributed by atoms with Crippen LogP contribution in [-0.2, 0) is 10.1 Å². The fourth-order valence-electron chi connectivity index (χ4n) is 0.0745. The third kappa shape index (κ3) is 5.87. The van der Waals surface area contributed by atoms with Crippen molar-refractivity contribution >= 4 is 10.1 Å². The normalized spacial score (nSPS) is 24.3. The second kappa shape index (κ2) is 2.25. The molecule has 0 unspecified atom stereocenters. The monoisotopic (exact) mass is 129 g/mol. The topological polar surface area (TPSA) is 80.4 Å². The van der Waals surface area contributed by atoms with Gasteiger partial charge in [0, 0.05) is 12.0 Å². The van der Waals surface area contributed by atoms with Crippen molar-refractivity contribution in [3.8, 4) is 0 Å². The lowest BCUT2D eigenvalue weighted by molar-refractivity contribution is 0.483. The van der Waals surface area contributed by atoms with Gasteiger partial charge in [0.25, 0.3) is 10.1 Å². The molecular weight excluding hydrogens is 118 g/mol. The molecule has 0 aromatic carbocycles. The van der Waals surface area contributed by atoms with E-state index in [2.05, 4.69) is 5.73 Å². The van der Waals surface area contributed by atoms with Crippen LogP contribution in [0.2, 0.25) is 0 Å². The van der Waals surface area contributed by atoms with Crippen LogP contribution in [0, 0.1) is 0 Å². The molecule has 4 nitrogen and oxygen atoms in total. The van der Waals surface area contributed by atoms with Crippen molar-refractivity contribution in [1.29, 1.82) is 0 Å². The Kier molecular flexibility index (Phi) is 0.780. The van der Waals surface area contributed by atoms with Crippen molar-refractivity contribution < 1.29 is 18.5 Å². The SMILES string of the molecule is [2H]C([2H])(N)C([2H])([2H])S(=O)(=O)O. The van der Waals surface area contributed by atoms with Gasteiger partial charge in [-0.2, -0.15) is 8.42 Å². The van der Waals surface area contributed by atoms with E-state index in [1.807, 2.05) is 0 Å². The molecule has 0 aromatic heterocycles. The van der Waals surface area contributed by atoms with Crippen molar-refractivity contribution in [3.05, 3.63) is 0 Å². The van der Waals surface area contributed by atoms with E-state index in [9.17, 15) is 8.42 Å². The minimum atomic E-state index is -5.13. The Balaban J connectivity index is 5.08. The molecule has 0 aromatic rings. The van der Waals surface area contributed by atoms with E-state index in [-0.39, 0.29) is 0 Å². The Labute approximate surface area is 47.7 Å². The minimum Gasteiger partial charge on any atom is -0.329 e. The standard InChI is InChI=1S/C2H7NO3S/c3-1-2-7(4,5)6/h1-3H2,(H,4,5,6)/i1D2,2D2. The van der Waals surface area contributed by atoms with Crippen LogP contribution in [0.5, 0.6) is 0 Å². The largest absolute Gasteiger partial charge is 0.329 e. The summed E-state index contributed by atoms with van der Waals surface area (Å²) in [7, 11) is -5.13. The summed E-state index contributed by atoms with van der Waals surface area (Å²) in [6.07, 6.45) is 0. The highest BCUT2D eigenvalue weighted by Crippen LogP contribution is 1.74. The Morgan fingerprint density at radius 1 is 1.86 bits per heavy atom. The van der Waals surface area contributed by atoms with E-state index < -0.39 is 22.3 Å². The number of rotatable bonds is 2. The van der Waals surface area contributed by atoms with Crippen LogP contribution in [0.4, 0.5) is 0 Å². The number of hydrogen-bond donors (Lipinski definition) is 2. The summed E-state index contributed by atoms with van der Waals surface area (Å²) in [5.74, 6) is 0. The van der Waals surface area contributed by atoms with Crippen molar-refractivity contribution in [3.63, 3.8) is 0 Å². The van der Waals surface area contributed by atoms with Crippen LogP contribution in [0.1, 0.15) is 5.48 Å². The van der Waals surface area contributed by atoms with Gasteiger partial charge in [-0.05, 0) is 0 Å². The molecule has 0 saturated heterocycles. The molecule has 44 valence electrons. The van der Waals surface area contributed by atoms with Crippen LogP contribution in [-0.4, -0.2) is 25.2 Å². The molecule has 0 aliphatic heterocycles. The summed E-state index contributed by atoms with van der Waals surface area (Å²) in [6, 6.07) is 0.